The number of hydrogen-bond donors (Lipinski definition) is 0. The van der Waals surface area contributed by atoms with Crippen LogP contribution in [0.1, 0.15) is 11.5 Å². The zero-order valence-corrected chi connectivity index (χ0v) is 31.5. The minimum absolute atomic E-state index is 0.415. The highest BCUT2D eigenvalue weighted by Crippen LogP contribution is 2.49. The highest BCUT2D eigenvalue weighted by Gasteiger charge is 2.31. The van der Waals surface area contributed by atoms with E-state index in [-0.39, 0.29) is 0 Å². The number of rotatable bonds is 5. The molecule has 1 aliphatic heterocycles. The van der Waals surface area contributed by atoms with Gasteiger partial charge in [0.2, 0.25) is 5.95 Å². The Morgan fingerprint density at radius 2 is 1.11 bits per heavy atom. The molecule has 7 aromatic carbocycles. The van der Waals surface area contributed by atoms with E-state index in [9.17, 15) is 0 Å². The quantitative estimate of drug-likeness (QED) is 0.176. The number of aromatic nitrogens is 5. The summed E-state index contributed by atoms with van der Waals surface area (Å²) in [6.45, 7) is 0. The van der Waals surface area contributed by atoms with Crippen LogP contribution in [0.2, 0.25) is 0 Å². The average Bonchev–Trinajstić information content (AvgIpc) is 3.94. The van der Waals surface area contributed by atoms with Crippen molar-refractivity contribution in [3.63, 3.8) is 0 Å². The number of fused-ring (bicyclic) bond motifs is 10. The summed E-state index contributed by atoms with van der Waals surface area (Å²) in [6.07, 6.45) is 9.06. The number of thioether (sulfide) groups is 1. The standard InChI is InChI=1S/C51H33N5S/c1-3-14-32(15-4-1)49-52-50(33-16-5-2-6-17-33)54-51(53-49)56-43-24-11-8-22-40(43)47-44(56)28-27-39-37-20-7-10-23-42(37)55(48(39)47)36-19-13-18-34(30-36)35-26-29-46-41(31-35)38-21-9-12-25-45(38)57-46/h1-31,38,45H. The van der Waals surface area contributed by atoms with E-state index in [2.05, 4.69) is 161 Å². The van der Waals surface area contributed by atoms with Gasteiger partial charge in [0.15, 0.2) is 11.6 Å². The van der Waals surface area contributed by atoms with Gasteiger partial charge in [0, 0.05) is 54.4 Å². The van der Waals surface area contributed by atoms with Crippen molar-refractivity contribution >= 4 is 55.4 Å². The fourth-order valence-electron chi connectivity index (χ4n) is 8.94. The first-order valence-corrected chi connectivity index (χ1v) is 20.2. The topological polar surface area (TPSA) is 48.5 Å². The van der Waals surface area contributed by atoms with E-state index in [0.717, 1.165) is 44.1 Å². The van der Waals surface area contributed by atoms with Crippen molar-refractivity contribution in [3.8, 4) is 45.5 Å². The first kappa shape index (κ1) is 32.2. The number of nitrogens with zero attached hydrogens (tertiary/aromatic N) is 5. The summed E-state index contributed by atoms with van der Waals surface area (Å²) in [6, 6.07) is 58.3. The van der Waals surface area contributed by atoms with Crippen LogP contribution in [0.4, 0.5) is 0 Å². The summed E-state index contributed by atoms with van der Waals surface area (Å²) < 4.78 is 4.67. The Hall–Kier alpha value is -7.02. The van der Waals surface area contributed by atoms with Gasteiger partial charge < -0.3 is 4.57 Å². The molecule has 4 heterocycles. The van der Waals surface area contributed by atoms with Crippen LogP contribution in [-0.4, -0.2) is 29.3 Å². The summed E-state index contributed by atoms with van der Waals surface area (Å²) >= 11 is 1.97. The number of para-hydroxylation sites is 2. The molecule has 0 bridgehead atoms. The molecule has 2 atom stereocenters. The van der Waals surface area contributed by atoms with E-state index in [1.165, 1.54) is 37.9 Å². The second kappa shape index (κ2) is 12.8. The molecule has 2 aliphatic rings. The molecule has 5 nitrogen and oxygen atoms in total. The Morgan fingerprint density at radius 1 is 0.456 bits per heavy atom. The Bertz CT molecular complexity index is 3230. The monoisotopic (exact) mass is 747 g/mol. The third-order valence-corrected chi connectivity index (χ3v) is 12.9. The fourth-order valence-corrected chi connectivity index (χ4v) is 10.3. The van der Waals surface area contributed by atoms with Crippen LogP contribution in [0.15, 0.2) is 193 Å². The average molecular weight is 748 g/mol. The van der Waals surface area contributed by atoms with Crippen molar-refractivity contribution in [1.82, 2.24) is 24.1 Å². The minimum atomic E-state index is 0.415. The molecule has 12 rings (SSSR count). The van der Waals surface area contributed by atoms with Crippen molar-refractivity contribution in [1.29, 1.82) is 0 Å². The van der Waals surface area contributed by atoms with Gasteiger partial charge in [-0.05, 0) is 59.2 Å². The molecule has 0 amide bonds. The lowest BCUT2D eigenvalue weighted by Gasteiger charge is -2.15. The van der Waals surface area contributed by atoms with Crippen molar-refractivity contribution in [3.05, 3.63) is 194 Å². The number of hydrogen-bond acceptors (Lipinski definition) is 4. The van der Waals surface area contributed by atoms with Crippen LogP contribution < -0.4 is 0 Å². The van der Waals surface area contributed by atoms with E-state index < -0.39 is 0 Å². The lowest BCUT2D eigenvalue weighted by Crippen LogP contribution is -2.06. The zero-order chi connectivity index (χ0) is 37.5. The van der Waals surface area contributed by atoms with E-state index >= 15 is 0 Å². The summed E-state index contributed by atoms with van der Waals surface area (Å²) in [4.78, 5) is 16.8. The van der Waals surface area contributed by atoms with Gasteiger partial charge in [-0.1, -0.05) is 146 Å². The normalized spacial score (nSPS) is 15.9. The molecule has 0 N–H and O–H groups in total. The highest BCUT2D eigenvalue weighted by atomic mass is 32.2. The molecule has 0 saturated carbocycles. The molecular formula is C51H33N5S. The first-order valence-electron chi connectivity index (χ1n) is 19.4. The van der Waals surface area contributed by atoms with Crippen molar-refractivity contribution < 1.29 is 0 Å². The van der Waals surface area contributed by atoms with Crippen LogP contribution >= 0.6 is 11.8 Å². The van der Waals surface area contributed by atoms with Crippen molar-refractivity contribution in [2.24, 2.45) is 0 Å². The minimum Gasteiger partial charge on any atom is -0.309 e. The summed E-state index contributed by atoms with van der Waals surface area (Å²) in [7, 11) is 0. The Kier molecular flexibility index (Phi) is 7.22. The summed E-state index contributed by atoms with van der Waals surface area (Å²) in [5.41, 5.74) is 11.3. The lowest BCUT2D eigenvalue weighted by atomic mass is 9.90. The molecule has 57 heavy (non-hydrogen) atoms. The first-order chi connectivity index (χ1) is 28.3. The molecule has 2 unspecified atom stereocenters. The molecule has 0 spiro atoms. The molecule has 268 valence electrons. The number of allylic oxidation sites excluding steroid dienone is 3. The molecule has 1 aliphatic carbocycles. The van der Waals surface area contributed by atoms with Gasteiger partial charge in [0.05, 0.1) is 22.1 Å². The van der Waals surface area contributed by atoms with Crippen LogP contribution in [0.5, 0.6) is 0 Å². The Morgan fingerprint density at radius 3 is 1.88 bits per heavy atom. The van der Waals surface area contributed by atoms with Crippen LogP contribution in [0.25, 0.3) is 89.2 Å². The van der Waals surface area contributed by atoms with Gasteiger partial charge >= 0.3 is 0 Å². The maximum atomic E-state index is 5.19. The molecule has 3 aromatic heterocycles. The van der Waals surface area contributed by atoms with E-state index in [4.69, 9.17) is 15.0 Å². The van der Waals surface area contributed by atoms with Crippen molar-refractivity contribution in [2.45, 2.75) is 16.1 Å². The second-order valence-electron chi connectivity index (χ2n) is 14.8. The van der Waals surface area contributed by atoms with Gasteiger partial charge in [0.1, 0.15) is 0 Å². The molecule has 0 radical (unpaired) electrons. The Labute approximate surface area is 333 Å². The highest BCUT2D eigenvalue weighted by molar-refractivity contribution is 8.00. The van der Waals surface area contributed by atoms with Crippen LogP contribution in [0.3, 0.4) is 0 Å². The summed E-state index contributed by atoms with van der Waals surface area (Å²) in [5.74, 6) is 2.26. The SMILES string of the molecule is C1=CC2Sc3ccc(-c4cccc(-n5c6ccccc6c6ccc7c(c8ccccc8n7-c7nc(-c8ccccc8)nc(-c8ccccc8)n7)c65)c4)cc3C2C=C1. The molecule has 0 saturated heterocycles. The van der Waals surface area contributed by atoms with E-state index in [0.29, 0.717) is 28.8 Å². The van der Waals surface area contributed by atoms with Crippen LogP contribution in [-0.2, 0) is 0 Å². The molecule has 6 heteroatoms. The van der Waals surface area contributed by atoms with Gasteiger partial charge in [-0.3, -0.25) is 4.57 Å². The van der Waals surface area contributed by atoms with Gasteiger partial charge in [-0.2, -0.15) is 9.97 Å². The third-order valence-electron chi connectivity index (χ3n) is 11.5. The summed E-state index contributed by atoms with van der Waals surface area (Å²) in [5, 5.41) is 5.19. The van der Waals surface area contributed by atoms with Crippen molar-refractivity contribution in [2.75, 3.05) is 0 Å². The smallest absolute Gasteiger partial charge is 0.238 e. The molecule has 0 fully saturated rings. The largest absolute Gasteiger partial charge is 0.309 e. The predicted octanol–water partition coefficient (Wildman–Crippen LogP) is 12.8. The molecule has 10 aromatic rings. The second-order valence-corrected chi connectivity index (χ2v) is 16.0. The van der Waals surface area contributed by atoms with Gasteiger partial charge in [-0.15, -0.1) is 11.8 Å². The van der Waals surface area contributed by atoms with Crippen LogP contribution in [0, 0.1) is 0 Å². The van der Waals surface area contributed by atoms with E-state index in [1.54, 1.807) is 0 Å². The van der Waals surface area contributed by atoms with Gasteiger partial charge in [-0.25, -0.2) is 4.98 Å². The molecular weight excluding hydrogens is 715 g/mol. The maximum Gasteiger partial charge on any atom is 0.238 e. The van der Waals surface area contributed by atoms with E-state index in [1.807, 2.05) is 48.2 Å². The maximum absolute atomic E-state index is 5.19. The zero-order valence-electron chi connectivity index (χ0n) is 30.7. The lowest BCUT2D eigenvalue weighted by molar-refractivity contribution is 0.881. The predicted molar refractivity (Wildman–Crippen MR) is 235 cm³/mol. The number of benzene rings is 7. The Balaban J connectivity index is 1.11. The fraction of sp³-hybridized carbons (Fsp3) is 0.0392. The third kappa shape index (κ3) is 5.07. The van der Waals surface area contributed by atoms with Gasteiger partial charge in [0.25, 0.3) is 0 Å².